The summed E-state index contributed by atoms with van der Waals surface area (Å²) in [6, 6.07) is 27.8. The first-order valence-corrected chi connectivity index (χ1v) is 16.0. The Balaban J connectivity index is 1.59. The number of alkyl halides is 9. The largest absolute Gasteiger partial charge is 0.420 e. The van der Waals surface area contributed by atoms with E-state index in [4.69, 9.17) is 0 Å². The fourth-order valence-electron chi connectivity index (χ4n) is 7.16. The number of hydrogen-bond donors (Lipinski definition) is 0. The Morgan fingerprint density at radius 1 is 0.407 bits per heavy atom. The van der Waals surface area contributed by atoms with Crippen LogP contribution in [0, 0.1) is 22.7 Å². The molecule has 13 heteroatoms. The van der Waals surface area contributed by atoms with Crippen molar-refractivity contribution < 1.29 is 39.5 Å². The number of rotatable bonds is 3. The van der Waals surface area contributed by atoms with E-state index in [2.05, 4.69) is 0 Å². The highest BCUT2D eigenvalue weighted by atomic mass is 19.4. The third-order valence-corrected chi connectivity index (χ3v) is 9.39. The summed E-state index contributed by atoms with van der Waals surface area (Å²) in [7, 11) is 0. The average Bonchev–Trinajstić information content (AvgIpc) is 3.65. The predicted molar refractivity (Wildman–Crippen MR) is 185 cm³/mol. The molecule has 0 unspecified atom stereocenters. The van der Waals surface area contributed by atoms with E-state index in [1.54, 1.807) is 12.1 Å². The molecule has 0 N–H and O–H groups in total. The summed E-state index contributed by atoms with van der Waals surface area (Å²) in [5, 5.41) is 20.0. The number of aromatic nitrogens is 2. The lowest BCUT2D eigenvalue weighted by atomic mass is 9.96. The number of fused-ring (bicyclic) bond motifs is 6. The van der Waals surface area contributed by atoms with Gasteiger partial charge in [0, 0.05) is 21.5 Å². The van der Waals surface area contributed by atoms with Crippen LogP contribution in [0.15, 0.2) is 115 Å². The van der Waals surface area contributed by atoms with Crippen molar-refractivity contribution in [2.24, 2.45) is 0 Å². The molecule has 0 aliphatic rings. The molecule has 0 saturated heterocycles. The minimum Gasteiger partial charge on any atom is -0.309 e. The molecule has 266 valence electrons. The molecule has 54 heavy (non-hydrogen) atoms. The van der Waals surface area contributed by atoms with Crippen LogP contribution in [0.4, 0.5) is 39.5 Å². The predicted octanol–water partition coefficient (Wildman–Crippen LogP) is 12.3. The molecule has 6 aromatic carbocycles. The first-order chi connectivity index (χ1) is 25.6. The lowest BCUT2D eigenvalue weighted by Gasteiger charge is -2.23. The molecule has 0 fully saturated rings. The number of hydrogen-bond acceptors (Lipinski definition) is 2. The Hall–Kier alpha value is -6.73. The fourth-order valence-corrected chi connectivity index (χ4v) is 7.16. The molecule has 8 rings (SSSR count). The van der Waals surface area contributed by atoms with Crippen molar-refractivity contribution in [3.63, 3.8) is 0 Å². The third kappa shape index (κ3) is 5.48. The van der Waals surface area contributed by atoms with Crippen LogP contribution >= 0.6 is 0 Å². The Morgan fingerprint density at radius 2 is 0.796 bits per heavy atom. The monoisotopic (exact) mass is 738 g/mol. The Kier molecular flexibility index (Phi) is 7.57. The number of benzene rings is 6. The molecule has 0 aliphatic carbocycles. The van der Waals surface area contributed by atoms with Crippen LogP contribution in [0.2, 0.25) is 0 Å². The maximum Gasteiger partial charge on any atom is 0.420 e. The highest BCUT2D eigenvalue weighted by molar-refractivity contribution is 6.11. The summed E-state index contributed by atoms with van der Waals surface area (Å²) >= 11 is 0. The van der Waals surface area contributed by atoms with Gasteiger partial charge in [-0.25, -0.2) is 0 Å². The van der Waals surface area contributed by atoms with Gasteiger partial charge < -0.3 is 9.13 Å². The van der Waals surface area contributed by atoms with Crippen molar-refractivity contribution in [1.82, 2.24) is 9.13 Å². The van der Waals surface area contributed by atoms with Crippen LogP contribution in [0.5, 0.6) is 0 Å². The molecule has 0 bridgehead atoms. The molecule has 0 amide bonds. The second-order valence-corrected chi connectivity index (χ2v) is 12.6. The standard InChI is InChI=1S/C41H19F9N4/c42-39(43,44)26-9-11-34-30(18-26)28-5-1-3-7-32(28)53(34)36-16-25(24-14-22(20-51)13-23(15-24)21-52)17-37(38(36)41(48,49)50)54-33-8-4-2-6-29(33)31-19-27(40(45,46)47)10-12-35(31)54/h1-19H. The van der Waals surface area contributed by atoms with Gasteiger partial charge in [-0.15, -0.1) is 0 Å². The normalized spacial score (nSPS) is 12.5. The van der Waals surface area contributed by atoms with Gasteiger partial charge in [0.05, 0.1) is 67.8 Å². The zero-order chi connectivity index (χ0) is 38.3. The molecule has 2 heterocycles. The smallest absolute Gasteiger partial charge is 0.309 e. The second kappa shape index (κ2) is 11.9. The molecule has 8 aromatic rings. The number of nitriles is 2. The van der Waals surface area contributed by atoms with Crippen LogP contribution in [0.25, 0.3) is 66.1 Å². The lowest BCUT2D eigenvalue weighted by Crippen LogP contribution is -2.16. The molecule has 2 aromatic heterocycles. The first-order valence-electron chi connectivity index (χ1n) is 16.0. The van der Waals surface area contributed by atoms with E-state index in [9.17, 15) is 36.9 Å². The van der Waals surface area contributed by atoms with E-state index in [1.807, 2.05) is 12.1 Å². The second-order valence-electron chi connectivity index (χ2n) is 12.6. The summed E-state index contributed by atoms with van der Waals surface area (Å²) < 4.78 is 134. The van der Waals surface area contributed by atoms with Gasteiger partial charge in [0.25, 0.3) is 0 Å². The SMILES string of the molecule is N#Cc1cc(C#N)cc(-c2cc(-n3c4ccccc4c4cc(C(F)(F)F)ccc43)c(C(F)(F)F)c(-n3c4ccccc4c4cc(C(F)(F)F)ccc43)c2)c1. The van der Waals surface area contributed by atoms with Gasteiger partial charge in [0.2, 0.25) is 0 Å². The number of halogens is 9. The van der Waals surface area contributed by atoms with E-state index in [0.29, 0.717) is 0 Å². The zero-order valence-electron chi connectivity index (χ0n) is 27.2. The van der Waals surface area contributed by atoms with E-state index < -0.39 is 46.6 Å². The van der Waals surface area contributed by atoms with Crippen molar-refractivity contribution in [1.29, 1.82) is 10.5 Å². The summed E-state index contributed by atoms with van der Waals surface area (Å²) in [6.45, 7) is 0. The van der Waals surface area contributed by atoms with Gasteiger partial charge >= 0.3 is 18.5 Å². The molecule has 0 atom stereocenters. The highest BCUT2D eigenvalue weighted by Crippen LogP contribution is 2.47. The fraction of sp³-hybridized carbons (Fsp3) is 0.0732. The summed E-state index contributed by atoms with van der Waals surface area (Å²) in [6.07, 6.45) is -14.7. The molecule has 0 radical (unpaired) electrons. The topological polar surface area (TPSA) is 57.4 Å². The van der Waals surface area contributed by atoms with Gasteiger partial charge in [0.1, 0.15) is 5.56 Å². The highest BCUT2D eigenvalue weighted by Gasteiger charge is 2.40. The maximum atomic E-state index is 15.9. The van der Waals surface area contributed by atoms with Crippen LogP contribution < -0.4 is 0 Å². The lowest BCUT2D eigenvalue weighted by molar-refractivity contribution is -0.138. The molecule has 0 aliphatic heterocycles. The molecule has 0 saturated carbocycles. The van der Waals surface area contributed by atoms with Crippen LogP contribution in [0.3, 0.4) is 0 Å². The molecule has 0 spiro atoms. The van der Waals surface area contributed by atoms with Crippen molar-refractivity contribution >= 4 is 43.6 Å². The van der Waals surface area contributed by atoms with Crippen LogP contribution in [-0.2, 0) is 18.5 Å². The van der Waals surface area contributed by atoms with Gasteiger partial charge in [-0.2, -0.15) is 50.0 Å². The Labute approximate surface area is 298 Å². The third-order valence-electron chi connectivity index (χ3n) is 9.39. The van der Waals surface area contributed by atoms with E-state index in [1.165, 1.54) is 75.9 Å². The van der Waals surface area contributed by atoms with Crippen LogP contribution in [0.1, 0.15) is 27.8 Å². The van der Waals surface area contributed by atoms with Crippen molar-refractivity contribution in [2.75, 3.05) is 0 Å². The quantitative estimate of drug-likeness (QED) is 0.170. The van der Waals surface area contributed by atoms with Crippen molar-refractivity contribution in [3.05, 3.63) is 143 Å². The van der Waals surface area contributed by atoms with Crippen molar-refractivity contribution in [2.45, 2.75) is 18.5 Å². The number of nitrogens with zero attached hydrogens (tertiary/aromatic N) is 4. The zero-order valence-corrected chi connectivity index (χ0v) is 27.2. The van der Waals surface area contributed by atoms with E-state index in [0.717, 1.165) is 36.4 Å². The Morgan fingerprint density at radius 3 is 1.19 bits per heavy atom. The summed E-state index contributed by atoms with van der Waals surface area (Å²) in [5.74, 6) is 0. The first kappa shape index (κ1) is 34.4. The minimum atomic E-state index is -5.16. The minimum absolute atomic E-state index is 0.0123. The summed E-state index contributed by atoms with van der Waals surface area (Å²) in [4.78, 5) is 0. The molecular weight excluding hydrogens is 719 g/mol. The molecule has 4 nitrogen and oxygen atoms in total. The van der Waals surface area contributed by atoms with Gasteiger partial charge in [-0.3, -0.25) is 0 Å². The average molecular weight is 739 g/mol. The van der Waals surface area contributed by atoms with Gasteiger partial charge in [0.15, 0.2) is 0 Å². The maximum absolute atomic E-state index is 15.9. The van der Waals surface area contributed by atoms with E-state index in [-0.39, 0.29) is 65.9 Å². The van der Waals surface area contributed by atoms with Crippen molar-refractivity contribution in [3.8, 4) is 34.6 Å². The van der Waals surface area contributed by atoms with E-state index >= 15 is 13.2 Å². The number of para-hydroxylation sites is 2. The van der Waals surface area contributed by atoms with Crippen LogP contribution in [-0.4, -0.2) is 9.13 Å². The van der Waals surface area contributed by atoms with Gasteiger partial charge in [-0.05, 0) is 90.0 Å². The molecular formula is C41H19F9N4. The summed E-state index contributed by atoms with van der Waals surface area (Å²) in [5.41, 5.74) is -3.68. The van der Waals surface area contributed by atoms with Gasteiger partial charge in [-0.1, -0.05) is 36.4 Å². The Bertz CT molecular complexity index is 2740.